The lowest BCUT2D eigenvalue weighted by molar-refractivity contribution is 0.289. The number of hydrogen-bond acceptors (Lipinski definition) is 4. The summed E-state index contributed by atoms with van der Waals surface area (Å²) >= 11 is 1.71. The van der Waals surface area contributed by atoms with Gasteiger partial charge < -0.3 is 10.4 Å². The molecule has 4 heteroatoms. The van der Waals surface area contributed by atoms with E-state index in [-0.39, 0.29) is 6.61 Å². The highest BCUT2D eigenvalue weighted by atomic mass is 32.2. The minimum absolute atomic E-state index is 0.240. The third-order valence-corrected chi connectivity index (χ3v) is 3.75. The number of thioether (sulfide) groups is 1. The Hall–Kier alpha value is -0.580. The molecule has 1 heterocycles. The van der Waals surface area contributed by atoms with Crippen LogP contribution in [0.25, 0.3) is 0 Å². The van der Waals surface area contributed by atoms with Crippen molar-refractivity contribution in [2.45, 2.75) is 43.5 Å². The maximum Gasteiger partial charge on any atom is 0.0962 e. The number of pyridine rings is 1. The van der Waals surface area contributed by atoms with E-state index in [0.717, 1.165) is 18.0 Å². The van der Waals surface area contributed by atoms with E-state index < -0.39 is 0 Å². The van der Waals surface area contributed by atoms with Gasteiger partial charge in [0.15, 0.2) is 0 Å². The lowest BCUT2D eigenvalue weighted by Gasteiger charge is -2.13. The maximum atomic E-state index is 8.85. The average Bonchev–Trinajstić information content (AvgIpc) is 2.30. The van der Waals surface area contributed by atoms with Crippen LogP contribution in [0.4, 0.5) is 0 Å². The van der Waals surface area contributed by atoms with E-state index in [2.05, 4.69) is 43.2 Å². The molecule has 2 atom stereocenters. The number of nitrogens with one attached hydrogen (secondary N) is 1. The summed E-state index contributed by atoms with van der Waals surface area (Å²) in [5.74, 6) is 0. The summed E-state index contributed by atoms with van der Waals surface area (Å²) in [5.41, 5.74) is 1.21. The largest absolute Gasteiger partial charge is 0.396 e. The minimum Gasteiger partial charge on any atom is -0.396 e. The van der Waals surface area contributed by atoms with E-state index in [1.807, 2.05) is 6.20 Å². The van der Waals surface area contributed by atoms with Gasteiger partial charge in [-0.05, 0) is 31.5 Å². The van der Waals surface area contributed by atoms with Crippen molar-refractivity contribution in [1.82, 2.24) is 10.3 Å². The molecule has 0 saturated carbocycles. The Morgan fingerprint density at radius 3 is 2.71 bits per heavy atom. The van der Waals surface area contributed by atoms with Gasteiger partial charge in [0.25, 0.3) is 0 Å². The molecule has 1 rings (SSSR count). The second kappa shape index (κ2) is 7.69. The third kappa shape index (κ3) is 5.06. The van der Waals surface area contributed by atoms with Gasteiger partial charge in [0.2, 0.25) is 0 Å². The zero-order chi connectivity index (χ0) is 12.7. The zero-order valence-electron chi connectivity index (χ0n) is 10.8. The van der Waals surface area contributed by atoms with Crippen molar-refractivity contribution in [3.05, 3.63) is 23.9 Å². The fourth-order valence-electron chi connectivity index (χ4n) is 1.59. The summed E-state index contributed by atoms with van der Waals surface area (Å²) in [6.07, 6.45) is 2.74. The first-order chi connectivity index (χ1) is 8.17. The first-order valence-electron chi connectivity index (χ1n) is 6.14. The van der Waals surface area contributed by atoms with Gasteiger partial charge in [-0.15, -0.1) is 11.8 Å². The third-order valence-electron chi connectivity index (χ3n) is 2.63. The molecule has 0 amide bonds. The molecule has 2 N–H and O–H groups in total. The highest BCUT2D eigenvalue weighted by molar-refractivity contribution is 7.99. The predicted molar refractivity (Wildman–Crippen MR) is 73.4 cm³/mol. The van der Waals surface area contributed by atoms with Gasteiger partial charge >= 0.3 is 0 Å². The Kier molecular flexibility index (Phi) is 6.55. The Bertz CT molecular complexity index is 316. The number of aromatic nitrogens is 1. The van der Waals surface area contributed by atoms with Crippen molar-refractivity contribution in [2.24, 2.45) is 0 Å². The van der Waals surface area contributed by atoms with Crippen LogP contribution in [0.5, 0.6) is 0 Å². The van der Waals surface area contributed by atoms with Crippen LogP contribution in [0, 0.1) is 0 Å². The quantitative estimate of drug-likeness (QED) is 0.734. The fraction of sp³-hybridized carbons (Fsp3) is 0.615. The van der Waals surface area contributed by atoms with E-state index in [9.17, 15) is 0 Å². The molecule has 1 aromatic rings. The minimum atomic E-state index is 0.240. The second-order valence-corrected chi connectivity index (χ2v) is 5.61. The molecule has 0 aliphatic heterocycles. The Balaban J connectivity index is 2.55. The summed E-state index contributed by atoms with van der Waals surface area (Å²) in [6, 6.07) is 4.53. The molecule has 0 saturated heterocycles. The topological polar surface area (TPSA) is 45.1 Å². The first kappa shape index (κ1) is 14.5. The van der Waals surface area contributed by atoms with Crippen LogP contribution in [0.1, 0.15) is 38.8 Å². The molecular formula is C13H22N2OS. The molecule has 0 aromatic carbocycles. The van der Waals surface area contributed by atoms with Gasteiger partial charge in [0, 0.05) is 24.1 Å². The van der Waals surface area contributed by atoms with Gasteiger partial charge in [-0.2, -0.15) is 0 Å². The van der Waals surface area contributed by atoms with E-state index in [1.165, 1.54) is 5.56 Å². The molecule has 0 radical (unpaired) electrons. The van der Waals surface area contributed by atoms with Gasteiger partial charge in [-0.1, -0.05) is 19.9 Å². The van der Waals surface area contributed by atoms with Crippen molar-refractivity contribution in [2.75, 3.05) is 13.2 Å². The number of aliphatic hydroxyl groups is 1. The molecule has 0 bridgehead atoms. The van der Waals surface area contributed by atoms with Crippen LogP contribution in [-0.4, -0.2) is 28.5 Å². The number of rotatable bonds is 7. The predicted octanol–water partition coefficient (Wildman–Crippen LogP) is 2.62. The monoisotopic (exact) mass is 254 g/mol. The Labute approximate surface area is 108 Å². The standard InChI is InChI=1S/C13H22N2OS/c1-4-14-11(3)12-5-6-13(15-9-12)17-10(2)7-8-16/h5-6,9-11,14,16H,4,7-8H2,1-3H3. The highest BCUT2D eigenvalue weighted by Crippen LogP contribution is 2.24. The molecule has 0 spiro atoms. The summed E-state index contributed by atoms with van der Waals surface area (Å²) in [7, 11) is 0. The van der Waals surface area contributed by atoms with E-state index in [0.29, 0.717) is 11.3 Å². The molecule has 96 valence electrons. The van der Waals surface area contributed by atoms with Crippen LogP contribution in [0.3, 0.4) is 0 Å². The molecule has 0 aliphatic carbocycles. The highest BCUT2D eigenvalue weighted by Gasteiger charge is 2.07. The van der Waals surface area contributed by atoms with Gasteiger partial charge in [0.1, 0.15) is 0 Å². The van der Waals surface area contributed by atoms with Crippen molar-refractivity contribution in [1.29, 1.82) is 0 Å². The molecule has 3 nitrogen and oxygen atoms in total. The van der Waals surface area contributed by atoms with E-state index in [4.69, 9.17) is 5.11 Å². The van der Waals surface area contributed by atoms with Crippen LogP contribution >= 0.6 is 11.8 Å². The lowest BCUT2D eigenvalue weighted by atomic mass is 10.1. The van der Waals surface area contributed by atoms with Crippen LogP contribution in [-0.2, 0) is 0 Å². The van der Waals surface area contributed by atoms with Crippen molar-refractivity contribution in [3.8, 4) is 0 Å². The zero-order valence-corrected chi connectivity index (χ0v) is 11.6. The molecular weight excluding hydrogens is 232 g/mol. The summed E-state index contributed by atoms with van der Waals surface area (Å²) in [6.45, 7) is 7.55. The first-order valence-corrected chi connectivity index (χ1v) is 7.02. The van der Waals surface area contributed by atoms with Crippen molar-refractivity contribution in [3.63, 3.8) is 0 Å². The van der Waals surface area contributed by atoms with Crippen molar-refractivity contribution >= 4 is 11.8 Å². The number of aliphatic hydroxyl groups excluding tert-OH is 1. The van der Waals surface area contributed by atoms with Gasteiger partial charge in [-0.3, -0.25) is 0 Å². The van der Waals surface area contributed by atoms with Crippen LogP contribution in [0.15, 0.2) is 23.4 Å². The van der Waals surface area contributed by atoms with E-state index >= 15 is 0 Å². The molecule has 2 unspecified atom stereocenters. The molecule has 17 heavy (non-hydrogen) atoms. The lowest BCUT2D eigenvalue weighted by Crippen LogP contribution is -2.17. The normalized spacial score (nSPS) is 14.6. The smallest absolute Gasteiger partial charge is 0.0962 e. The van der Waals surface area contributed by atoms with Crippen molar-refractivity contribution < 1.29 is 5.11 Å². The van der Waals surface area contributed by atoms with Crippen LogP contribution < -0.4 is 5.32 Å². The second-order valence-electron chi connectivity index (χ2n) is 4.15. The van der Waals surface area contributed by atoms with E-state index in [1.54, 1.807) is 11.8 Å². The average molecular weight is 254 g/mol. The Morgan fingerprint density at radius 1 is 1.41 bits per heavy atom. The maximum absolute atomic E-state index is 8.85. The molecule has 0 aliphatic rings. The SMILES string of the molecule is CCNC(C)c1ccc(SC(C)CCO)nc1. The summed E-state index contributed by atoms with van der Waals surface area (Å²) in [4.78, 5) is 4.45. The fourth-order valence-corrected chi connectivity index (χ4v) is 2.48. The number of hydrogen-bond donors (Lipinski definition) is 2. The van der Waals surface area contributed by atoms with Gasteiger partial charge in [-0.25, -0.2) is 4.98 Å². The summed E-state index contributed by atoms with van der Waals surface area (Å²) < 4.78 is 0. The number of nitrogens with zero attached hydrogens (tertiary/aromatic N) is 1. The van der Waals surface area contributed by atoms with Gasteiger partial charge in [0.05, 0.1) is 5.03 Å². The molecule has 0 fully saturated rings. The Morgan fingerprint density at radius 2 is 2.18 bits per heavy atom. The van der Waals surface area contributed by atoms with Crippen LogP contribution in [0.2, 0.25) is 0 Å². The summed E-state index contributed by atoms with van der Waals surface area (Å²) in [5, 5.41) is 13.6. The molecule has 1 aromatic heterocycles.